The fraction of sp³-hybridized carbons (Fsp3) is 0.625. The lowest BCUT2D eigenvalue weighted by Crippen LogP contribution is -3.28. The third kappa shape index (κ3) is 5.46. The molecule has 1 fully saturated rings. The number of hydrogen-bond acceptors (Lipinski definition) is 4. The highest BCUT2D eigenvalue weighted by molar-refractivity contribution is 5.32. The normalized spacial score (nSPS) is 23.0. The Morgan fingerprint density at radius 1 is 1.14 bits per heavy atom. The zero-order valence-corrected chi connectivity index (χ0v) is 13.3. The van der Waals surface area contributed by atoms with E-state index in [0.717, 1.165) is 38.5 Å². The smallest absolute Gasteiger partial charge is 0.137 e. The van der Waals surface area contributed by atoms with Crippen LogP contribution < -0.4 is 19.3 Å². The molecule has 4 N–H and O–H groups in total. The van der Waals surface area contributed by atoms with Gasteiger partial charge >= 0.3 is 0 Å². The van der Waals surface area contributed by atoms with Crippen molar-refractivity contribution in [1.82, 2.24) is 0 Å². The maximum absolute atomic E-state index is 10.1. The Bertz CT molecular complexity index is 436. The van der Waals surface area contributed by atoms with Crippen molar-refractivity contribution >= 4 is 0 Å². The number of nitrogens with one attached hydrogen (secondary N) is 2. The van der Waals surface area contributed by atoms with Gasteiger partial charge in [0.2, 0.25) is 0 Å². The SMILES string of the molecule is COc1cccc(OC[C@@H](O)C[NH+]2CC[NH+](CCO)CC2)c1. The van der Waals surface area contributed by atoms with Gasteiger partial charge in [-0.05, 0) is 12.1 Å². The molecule has 1 saturated heterocycles. The topological polar surface area (TPSA) is 67.8 Å². The number of quaternary nitrogens is 2. The van der Waals surface area contributed by atoms with Crippen LogP contribution in [0, 0.1) is 0 Å². The van der Waals surface area contributed by atoms with Gasteiger partial charge in [-0.3, -0.25) is 0 Å². The first kappa shape index (κ1) is 17.0. The Morgan fingerprint density at radius 3 is 2.50 bits per heavy atom. The standard InChI is InChI=1S/C16H26N2O4/c1-21-15-3-2-4-16(11-15)22-13-14(20)12-18-7-5-17(6-8-18)9-10-19/h2-4,11,14,19-20H,5-10,12-13H2,1H3/p+2/t14-/m0/s1. The number of aliphatic hydroxyl groups excluding tert-OH is 2. The van der Waals surface area contributed by atoms with E-state index in [1.54, 1.807) is 7.11 Å². The molecule has 1 aromatic rings. The van der Waals surface area contributed by atoms with Gasteiger partial charge in [-0.2, -0.15) is 0 Å². The molecule has 0 bridgehead atoms. The van der Waals surface area contributed by atoms with Crippen LogP contribution in [0.5, 0.6) is 11.5 Å². The third-order valence-corrected chi connectivity index (χ3v) is 4.14. The molecule has 6 nitrogen and oxygen atoms in total. The lowest BCUT2D eigenvalue weighted by atomic mass is 10.2. The van der Waals surface area contributed by atoms with Crippen LogP contribution in [0.4, 0.5) is 0 Å². The Kier molecular flexibility index (Phi) is 6.92. The van der Waals surface area contributed by atoms with E-state index >= 15 is 0 Å². The number of hydrogen-bond donors (Lipinski definition) is 4. The molecule has 6 heteroatoms. The maximum Gasteiger partial charge on any atom is 0.137 e. The molecular formula is C16H28N2O4+2. The second kappa shape index (κ2) is 8.95. The average Bonchev–Trinajstić information content (AvgIpc) is 2.55. The molecule has 0 aliphatic carbocycles. The Morgan fingerprint density at radius 2 is 1.82 bits per heavy atom. The molecular weight excluding hydrogens is 284 g/mol. The van der Waals surface area contributed by atoms with E-state index in [9.17, 15) is 5.11 Å². The molecule has 22 heavy (non-hydrogen) atoms. The first-order valence-corrected chi connectivity index (χ1v) is 7.94. The first-order valence-electron chi connectivity index (χ1n) is 7.94. The van der Waals surface area contributed by atoms with Crippen LogP contribution in [-0.4, -0.2) is 75.9 Å². The molecule has 124 valence electrons. The van der Waals surface area contributed by atoms with Crippen molar-refractivity contribution in [1.29, 1.82) is 0 Å². The molecule has 1 aliphatic rings. The largest absolute Gasteiger partial charge is 0.497 e. The van der Waals surface area contributed by atoms with Crippen molar-refractivity contribution in [3.8, 4) is 11.5 Å². The van der Waals surface area contributed by atoms with Gasteiger partial charge in [-0.15, -0.1) is 0 Å². The lowest BCUT2D eigenvalue weighted by Gasteiger charge is -2.30. The van der Waals surface area contributed by atoms with Gasteiger partial charge < -0.3 is 29.5 Å². The van der Waals surface area contributed by atoms with Gasteiger partial charge in [0.1, 0.15) is 63.5 Å². The Hall–Kier alpha value is -1.34. The summed E-state index contributed by atoms with van der Waals surface area (Å²) in [4.78, 5) is 2.86. The minimum absolute atomic E-state index is 0.252. The van der Waals surface area contributed by atoms with Crippen molar-refractivity contribution in [3.05, 3.63) is 24.3 Å². The van der Waals surface area contributed by atoms with Gasteiger partial charge in [0.05, 0.1) is 13.7 Å². The second-order valence-corrected chi connectivity index (χ2v) is 5.82. The van der Waals surface area contributed by atoms with Crippen LogP contribution in [-0.2, 0) is 0 Å². The Balaban J connectivity index is 1.68. The molecule has 0 unspecified atom stereocenters. The van der Waals surface area contributed by atoms with Gasteiger partial charge in [-0.25, -0.2) is 0 Å². The first-order chi connectivity index (χ1) is 10.7. The zero-order chi connectivity index (χ0) is 15.8. The highest BCUT2D eigenvalue weighted by atomic mass is 16.5. The van der Waals surface area contributed by atoms with E-state index in [1.165, 1.54) is 9.80 Å². The summed E-state index contributed by atoms with van der Waals surface area (Å²) in [6.07, 6.45) is -0.472. The summed E-state index contributed by atoms with van der Waals surface area (Å²) in [7, 11) is 1.62. The number of methoxy groups -OCH3 is 1. The quantitative estimate of drug-likeness (QED) is 0.419. The van der Waals surface area contributed by atoms with Crippen LogP contribution in [0.1, 0.15) is 0 Å². The van der Waals surface area contributed by atoms with Gasteiger partial charge in [-0.1, -0.05) is 6.07 Å². The van der Waals surface area contributed by atoms with Gasteiger partial charge in [0, 0.05) is 6.07 Å². The molecule has 0 spiro atoms. The van der Waals surface area contributed by atoms with E-state index in [0.29, 0.717) is 18.9 Å². The minimum atomic E-state index is -0.472. The van der Waals surface area contributed by atoms with Gasteiger partial charge in [0.25, 0.3) is 0 Å². The number of rotatable bonds is 8. The molecule has 0 saturated carbocycles. The number of ether oxygens (including phenoxy) is 2. The second-order valence-electron chi connectivity index (χ2n) is 5.82. The van der Waals surface area contributed by atoms with E-state index in [2.05, 4.69) is 0 Å². The lowest BCUT2D eigenvalue weighted by molar-refractivity contribution is -1.01. The fourth-order valence-corrected chi connectivity index (χ4v) is 2.84. The summed E-state index contributed by atoms with van der Waals surface area (Å²) in [6.45, 7) is 6.26. The van der Waals surface area contributed by atoms with Crippen LogP contribution >= 0.6 is 0 Å². The summed E-state index contributed by atoms with van der Waals surface area (Å²) >= 11 is 0. The van der Waals surface area contributed by atoms with E-state index in [4.69, 9.17) is 14.6 Å². The molecule has 1 heterocycles. The summed E-state index contributed by atoms with van der Waals surface area (Å²) in [5.74, 6) is 1.46. The Labute approximate surface area is 131 Å². The maximum atomic E-state index is 10.1. The molecule has 0 aromatic heterocycles. The fourth-order valence-electron chi connectivity index (χ4n) is 2.84. The number of piperazine rings is 1. The van der Waals surface area contributed by atoms with Crippen LogP contribution in [0.15, 0.2) is 24.3 Å². The van der Waals surface area contributed by atoms with E-state index < -0.39 is 6.10 Å². The van der Waals surface area contributed by atoms with E-state index in [-0.39, 0.29) is 6.61 Å². The van der Waals surface area contributed by atoms with Crippen molar-refractivity contribution in [2.45, 2.75) is 6.10 Å². The van der Waals surface area contributed by atoms with Crippen LogP contribution in [0.3, 0.4) is 0 Å². The molecule has 1 aliphatic heterocycles. The molecule has 2 rings (SSSR count). The van der Waals surface area contributed by atoms with Crippen LogP contribution in [0.2, 0.25) is 0 Å². The minimum Gasteiger partial charge on any atom is -0.497 e. The molecule has 0 amide bonds. The van der Waals surface area contributed by atoms with Crippen molar-refractivity contribution < 1.29 is 29.5 Å². The van der Waals surface area contributed by atoms with Crippen molar-refractivity contribution in [2.24, 2.45) is 0 Å². The predicted octanol–water partition coefficient (Wildman–Crippen LogP) is -2.79. The summed E-state index contributed by atoms with van der Waals surface area (Å²) < 4.78 is 10.8. The summed E-state index contributed by atoms with van der Waals surface area (Å²) in [6, 6.07) is 7.41. The highest BCUT2D eigenvalue weighted by Crippen LogP contribution is 2.18. The monoisotopic (exact) mass is 312 g/mol. The van der Waals surface area contributed by atoms with Gasteiger partial charge in [0.15, 0.2) is 0 Å². The summed E-state index contributed by atoms with van der Waals surface area (Å²) in [5, 5.41) is 19.1. The molecule has 0 radical (unpaired) electrons. The van der Waals surface area contributed by atoms with Crippen LogP contribution in [0.25, 0.3) is 0 Å². The summed E-state index contributed by atoms with van der Waals surface area (Å²) in [5.41, 5.74) is 0. The van der Waals surface area contributed by atoms with E-state index in [1.807, 2.05) is 24.3 Å². The van der Waals surface area contributed by atoms with Crippen molar-refractivity contribution in [3.63, 3.8) is 0 Å². The molecule has 1 atom stereocenters. The average molecular weight is 312 g/mol. The van der Waals surface area contributed by atoms with Crippen molar-refractivity contribution in [2.75, 3.05) is 59.6 Å². The predicted molar refractivity (Wildman–Crippen MR) is 82.7 cm³/mol. The number of benzene rings is 1. The third-order valence-electron chi connectivity index (χ3n) is 4.14. The number of aliphatic hydroxyl groups is 2. The highest BCUT2D eigenvalue weighted by Gasteiger charge is 2.24. The zero-order valence-electron chi connectivity index (χ0n) is 13.3. The molecule has 1 aromatic carbocycles.